The van der Waals surface area contributed by atoms with Gasteiger partial charge in [-0.1, -0.05) is 24.3 Å². The molecule has 0 amide bonds. The summed E-state index contributed by atoms with van der Waals surface area (Å²) in [5.74, 6) is -2.06. The molecule has 7 nitrogen and oxygen atoms in total. The molecular formula is C20H20ClF2N5O2S2. The fourth-order valence-electron chi connectivity index (χ4n) is 3.04. The highest BCUT2D eigenvalue weighted by atomic mass is 35.5. The van der Waals surface area contributed by atoms with Crippen molar-refractivity contribution in [2.45, 2.75) is 35.8 Å². The second-order valence-corrected chi connectivity index (χ2v) is 11.1. The molecule has 12 heteroatoms. The van der Waals surface area contributed by atoms with E-state index in [0.717, 1.165) is 29.9 Å². The molecule has 0 bridgehead atoms. The van der Waals surface area contributed by atoms with Gasteiger partial charge in [0.25, 0.3) is 5.92 Å². The fraction of sp³-hybridized carbons (Fsp3) is 0.300. The summed E-state index contributed by atoms with van der Waals surface area (Å²) in [4.78, 5) is 4.87. The third-order valence-electron chi connectivity index (χ3n) is 4.79. The van der Waals surface area contributed by atoms with E-state index in [1.54, 1.807) is 12.1 Å². The summed E-state index contributed by atoms with van der Waals surface area (Å²) in [5, 5.41) is 10.8. The van der Waals surface area contributed by atoms with Gasteiger partial charge in [-0.25, -0.2) is 21.9 Å². The van der Waals surface area contributed by atoms with Gasteiger partial charge in [-0.05, 0) is 25.0 Å². The van der Waals surface area contributed by atoms with Crippen molar-refractivity contribution < 1.29 is 17.2 Å². The number of thiophene rings is 1. The van der Waals surface area contributed by atoms with Crippen LogP contribution in [0.3, 0.4) is 0 Å². The molecule has 0 spiro atoms. The molecule has 1 aliphatic carbocycles. The van der Waals surface area contributed by atoms with Crippen LogP contribution in [0.4, 0.5) is 20.3 Å². The minimum Gasteiger partial charge on any atom is -0.337 e. The van der Waals surface area contributed by atoms with E-state index in [1.165, 1.54) is 12.3 Å². The highest BCUT2D eigenvalue weighted by Gasteiger charge is 2.27. The predicted molar refractivity (Wildman–Crippen MR) is 122 cm³/mol. The summed E-state index contributed by atoms with van der Waals surface area (Å²) in [5.41, 5.74) is 2.60. The van der Waals surface area contributed by atoms with Gasteiger partial charge in [0, 0.05) is 36.4 Å². The number of nitrogens with zero attached hydrogens (tertiary/aromatic N) is 2. The topological polar surface area (TPSA) is 99.8 Å². The molecular weight excluding hydrogens is 480 g/mol. The van der Waals surface area contributed by atoms with E-state index < -0.39 is 22.5 Å². The Balaban J connectivity index is 1.64. The molecule has 1 aliphatic rings. The summed E-state index contributed by atoms with van der Waals surface area (Å²) < 4.78 is 52.7. The first-order chi connectivity index (χ1) is 15.1. The quantitative estimate of drug-likeness (QED) is 0.367. The minimum atomic E-state index is -4.09. The van der Waals surface area contributed by atoms with Crippen LogP contribution in [0.2, 0.25) is 5.02 Å². The molecule has 0 saturated heterocycles. The van der Waals surface area contributed by atoms with Gasteiger partial charge in [0.2, 0.25) is 10.0 Å². The van der Waals surface area contributed by atoms with Crippen LogP contribution in [0.25, 0.3) is 16.6 Å². The molecule has 3 aromatic heterocycles. The van der Waals surface area contributed by atoms with E-state index in [0.29, 0.717) is 45.5 Å². The highest BCUT2D eigenvalue weighted by Crippen LogP contribution is 2.41. The van der Waals surface area contributed by atoms with Crippen LogP contribution in [0, 0.1) is 0 Å². The van der Waals surface area contributed by atoms with Crippen LogP contribution in [-0.2, 0) is 10.0 Å². The summed E-state index contributed by atoms with van der Waals surface area (Å²) in [6.07, 6.45) is 5.28. The lowest BCUT2D eigenvalue weighted by Crippen LogP contribution is -2.34. The number of rotatable bonds is 9. The number of H-pyrrole nitrogens is 1. The number of sulfonamides is 1. The Kier molecular flexibility index (Phi) is 6.10. The lowest BCUT2D eigenvalue weighted by atomic mass is 10.1. The summed E-state index contributed by atoms with van der Waals surface area (Å²) >= 11 is 7.29. The molecule has 3 N–H and O–H groups in total. The van der Waals surface area contributed by atoms with E-state index >= 15 is 0 Å². The van der Waals surface area contributed by atoms with Gasteiger partial charge >= 0.3 is 0 Å². The van der Waals surface area contributed by atoms with Crippen molar-refractivity contribution in [2.75, 3.05) is 11.9 Å². The summed E-state index contributed by atoms with van der Waals surface area (Å²) in [6, 6.07) is 4.84. The Morgan fingerprint density at radius 1 is 1.41 bits per heavy atom. The first-order valence-electron chi connectivity index (χ1n) is 9.68. The normalized spacial score (nSPS) is 14.5. The molecule has 0 aromatic carbocycles. The van der Waals surface area contributed by atoms with Gasteiger partial charge in [-0.3, -0.25) is 10.1 Å². The molecule has 0 atom stereocenters. The number of aromatic amines is 1. The standard InChI is InChI=1S/C20H20ClF2N5O2S2/c1-3-12-18(26-16-8-14(27-28-16)11-4-5-11)13(21)9-24-19(12)15-6-7-17(31-15)32(29,30)25-10-20(2,22)23/h3,6-9,11,25H,1,4-5,10H2,2H3,(H2,24,26,27,28). The molecule has 170 valence electrons. The van der Waals surface area contributed by atoms with Gasteiger partial charge in [-0.15, -0.1) is 11.3 Å². The lowest BCUT2D eigenvalue weighted by molar-refractivity contribution is 0.0281. The summed E-state index contributed by atoms with van der Waals surface area (Å²) in [7, 11) is -4.09. The van der Waals surface area contributed by atoms with Crippen LogP contribution in [0.5, 0.6) is 0 Å². The monoisotopic (exact) mass is 499 g/mol. The Hall–Kier alpha value is -2.34. The van der Waals surface area contributed by atoms with Crippen molar-refractivity contribution in [1.29, 1.82) is 0 Å². The molecule has 1 saturated carbocycles. The highest BCUT2D eigenvalue weighted by molar-refractivity contribution is 7.91. The second-order valence-electron chi connectivity index (χ2n) is 7.57. The minimum absolute atomic E-state index is 0.0978. The third-order valence-corrected chi connectivity index (χ3v) is 8.07. The molecule has 3 aromatic rings. The molecule has 32 heavy (non-hydrogen) atoms. The number of nitrogens with one attached hydrogen (secondary N) is 3. The number of halogens is 3. The van der Waals surface area contributed by atoms with Gasteiger partial charge in [0.15, 0.2) is 5.82 Å². The number of hydrogen-bond donors (Lipinski definition) is 3. The van der Waals surface area contributed by atoms with Crippen molar-refractivity contribution in [3.63, 3.8) is 0 Å². The number of hydrogen-bond acceptors (Lipinski definition) is 6. The SMILES string of the molecule is C=Cc1c(-c2ccc(S(=O)(=O)NCC(C)(F)F)s2)ncc(Cl)c1Nc1cc(C2CC2)[nH]n1. The Morgan fingerprint density at radius 3 is 2.81 bits per heavy atom. The Labute approximate surface area is 193 Å². The van der Waals surface area contributed by atoms with Gasteiger partial charge in [0.05, 0.1) is 27.8 Å². The first kappa shape index (κ1) is 22.8. The van der Waals surface area contributed by atoms with Gasteiger partial charge in [-0.2, -0.15) is 5.10 Å². The van der Waals surface area contributed by atoms with Gasteiger partial charge in [0.1, 0.15) is 4.21 Å². The predicted octanol–water partition coefficient (Wildman–Crippen LogP) is 5.38. The van der Waals surface area contributed by atoms with Crippen molar-refractivity contribution in [3.05, 3.63) is 47.3 Å². The van der Waals surface area contributed by atoms with Gasteiger partial charge < -0.3 is 5.32 Å². The van der Waals surface area contributed by atoms with E-state index in [1.807, 2.05) is 10.8 Å². The van der Waals surface area contributed by atoms with Crippen LogP contribution < -0.4 is 10.0 Å². The van der Waals surface area contributed by atoms with E-state index in [4.69, 9.17) is 11.6 Å². The average Bonchev–Trinajstić information content (AvgIpc) is 3.26. The molecule has 0 unspecified atom stereocenters. The van der Waals surface area contributed by atoms with Crippen LogP contribution >= 0.6 is 22.9 Å². The largest absolute Gasteiger partial charge is 0.337 e. The number of anilines is 2. The van der Waals surface area contributed by atoms with E-state index in [9.17, 15) is 17.2 Å². The van der Waals surface area contributed by atoms with E-state index in [-0.39, 0.29) is 4.21 Å². The van der Waals surface area contributed by atoms with Crippen LogP contribution in [0.1, 0.15) is 36.9 Å². The maximum absolute atomic E-state index is 13.1. The molecule has 0 radical (unpaired) electrons. The smallest absolute Gasteiger partial charge is 0.258 e. The van der Waals surface area contributed by atoms with Crippen molar-refractivity contribution >= 4 is 50.5 Å². The Bertz CT molecular complexity index is 1260. The van der Waals surface area contributed by atoms with E-state index in [2.05, 4.69) is 27.1 Å². The maximum atomic E-state index is 13.1. The second kappa shape index (κ2) is 8.54. The third kappa shape index (κ3) is 5.01. The van der Waals surface area contributed by atoms with Crippen molar-refractivity contribution in [3.8, 4) is 10.6 Å². The van der Waals surface area contributed by atoms with Crippen LogP contribution in [-0.4, -0.2) is 36.1 Å². The summed E-state index contributed by atoms with van der Waals surface area (Å²) in [6.45, 7) is 3.50. The number of pyridine rings is 1. The van der Waals surface area contributed by atoms with Crippen molar-refractivity contribution in [2.24, 2.45) is 0 Å². The molecule has 3 heterocycles. The van der Waals surface area contributed by atoms with Crippen LogP contribution in [0.15, 0.2) is 35.2 Å². The first-order valence-corrected chi connectivity index (χ1v) is 12.4. The fourth-order valence-corrected chi connectivity index (χ4v) is 5.71. The Morgan fingerprint density at radius 2 is 2.16 bits per heavy atom. The zero-order valence-corrected chi connectivity index (χ0v) is 19.3. The molecule has 4 rings (SSSR count). The molecule has 0 aliphatic heterocycles. The zero-order chi connectivity index (χ0) is 23.1. The maximum Gasteiger partial charge on any atom is 0.258 e. The average molecular weight is 500 g/mol. The number of aromatic nitrogens is 3. The molecule has 1 fully saturated rings. The number of alkyl halides is 2. The zero-order valence-electron chi connectivity index (χ0n) is 17.0. The van der Waals surface area contributed by atoms with Crippen molar-refractivity contribution in [1.82, 2.24) is 19.9 Å². The lowest BCUT2D eigenvalue weighted by Gasteiger charge is -2.13.